The number of halogens is 2. The molecule has 0 aliphatic rings. The van der Waals surface area contributed by atoms with Gasteiger partial charge in [-0.3, -0.25) is 4.79 Å². The molecule has 1 amide bonds. The Labute approximate surface area is 128 Å². The van der Waals surface area contributed by atoms with Gasteiger partial charge in [-0.2, -0.15) is 0 Å². The number of benzene rings is 2. The molecule has 1 aromatic heterocycles. The van der Waals surface area contributed by atoms with Gasteiger partial charge in [0.05, 0.1) is 0 Å². The lowest BCUT2D eigenvalue weighted by molar-refractivity contribution is 0.0925. The van der Waals surface area contributed by atoms with Crippen LogP contribution in [-0.2, 0) is 6.54 Å². The van der Waals surface area contributed by atoms with E-state index >= 15 is 0 Å². The molecule has 0 saturated carbocycles. The van der Waals surface area contributed by atoms with Crippen molar-refractivity contribution in [2.45, 2.75) is 6.54 Å². The van der Waals surface area contributed by atoms with E-state index in [0.717, 1.165) is 15.4 Å². The highest BCUT2D eigenvalue weighted by Gasteiger charge is 2.12. The van der Waals surface area contributed by atoms with Crippen LogP contribution in [0.4, 0.5) is 4.39 Å². The van der Waals surface area contributed by atoms with E-state index in [4.69, 9.17) is 4.42 Å². The van der Waals surface area contributed by atoms with Crippen molar-refractivity contribution < 1.29 is 13.6 Å². The molecular formula is C16H11BrFNO2. The normalized spacial score (nSPS) is 10.8. The zero-order valence-electron chi connectivity index (χ0n) is 10.9. The van der Waals surface area contributed by atoms with Crippen molar-refractivity contribution in [1.29, 1.82) is 0 Å². The first-order chi connectivity index (χ1) is 10.1. The molecule has 2 aromatic carbocycles. The second kappa shape index (κ2) is 5.69. The number of hydrogen-bond acceptors (Lipinski definition) is 2. The van der Waals surface area contributed by atoms with Crippen molar-refractivity contribution in [3.8, 4) is 0 Å². The number of amides is 1. The number of rotatable bonds is 3. The molecule has 21 heavy (non-hydrogen) atoms. The SMILES string of the molecule is O=C(NCc1ccc(F)cc1)c1cc2ccc(Br)cc2o1. The van der Waals surface area contributed by atoms with E-state index in [9.17, 15) is 9.18 Å². The first-order valence-corrected chi connectivity index (χ1v) is 7.13. The Balaban J connectivity index is 1.73. The molecule has 3 aromatic rings. The van der Waals surface area contributed by atoms with Gasteiger partial charge in [0.2, 0.25) is 0 Å². The van der Waals surface area contributed by atoms with Crippen LogP contribution < -0.4 is 5.32 Å². The second-order valence-corrected chi connectivity index (χ2v) is 5.52. The number of fused-ring (bicyclic) bond motifs is 1. The Morgan fingerprint density at radius 3 is 2.67 bits per heavy atom. The number of furan rings is 1. The summed E-state index contributed by atoms with van der Waals surface area (Å²) in [6.07, 6.45) is 0. The molecule has 0 atom stereocenters. The highest BCUT2D eigenvalue weighted by molar-refractivity contribution is 9.10. The average Bonchev–Trinajstić information content (AvgIpc) is 2.89. The summed E-state index contributed by atoms with van der Waals surface area (Å²) in [6, 6.07) is 13.3. The van der Waals surface area contributed by atoms with Gasteiger partial charge in [-0.05, 0) is 42.0 Å². The van der Waals surface area contributed by atoms with E-state index in [-0.39, 0.29) is 17.5 Å². The van der Waals surface area contributed by atoms with Crippen LogP contribution >= 0.6 is 15.9 Å². The van der Waals surface area contributed by atoms with Crippen molar-refractivity contribution in [3.63, 3.8) is 0 Å². The molecule has 0 bridgehead atoms. The Kier molecular flexibility index (Phi) is 3.75. The molecule has 3 rings (SSSR count). The minimum atomic E-state index is -0.299. The predicted molar refractivity (Wildman–Crippen MR) is 81.5 cm³/mol. The van der Waals surface area contributed by atoms with Crippen LogP contribution in [0.15, 0.2) is 57.4 Å². The molecule has 0 radical (unpaired) electrons. The Morgan fingerprint density at radius 1 is 1.14 bits per heavy atom. The smallest absolute Gasteiger partial charge is 0.287 e. The quantitative estimate of drug-likeness (QED) is 0.768. The van der Waals surface area contributed by atoms with Crippen LogP contribution in [0.25, 0.3) is 11.0 Å². The monoisotopic (exact) mass is 347 g/mol. The largest absolute Gasteiger partial charge is 0.451 e. The number of nitrogens with one attached hydrogen (secondary N) is 1. The van der Waals surface area contributed by atoms with Crippen LogP contribution in [0.3, 0.4) is 0 Å². The summed E-state index contributed by atoms with van der Waals surface area (Å²) < 4.78 is 19.2. The van der Waals surface area contributed by atoms with Gasteiger partial charge in [0, 0.05) is 16.4 Å². The first kappa shape index (κ1) is 13.8. The summed E-state index contributed by atoms with van der Waals surface area (Å²) in [5, 5.41) is 3.61. The molecule has 5 heteroatoms. The number of hydrogen-bond donors (Lipinski definition) is 1. The van der Waals surface area contributed by atoms with Crippen molar-refractivity contribution >= 4 is 32.8 Å². The van der Waals surface area contributed by atoms with E-state index in [1.54, 1.807) is 18.2 Å². The van der Waals surface area contributed by atoms with Crippen LogP contribution in [-0.4, -0.2) is 5.91 Å². The van der Waals surface area contributed by atoms with Crippen LogP contribution in [0.1, 0.15) is 16.1 Å². The minimum Gasteiger partial charge on any atom is -0.451 e. The number of carbonyl (C=O) groups excluding carboxylic acids is 1. The molecule has 1 N–H and O–H groups in total. The highest BCUT2D eigenvalue weighted by Crippen LogP contribution is 2.23. The molecule has 1 heterocycles. The lowest BCUT2D eigenvalue weighted by Crippen LogP contribution is -2.22. The molecule has 3 nitrogen and oxygen atoms in total. The molecule has 0 aliphatic heterocycles. The average molecular weight is 348 g/mol. The van der Waals surface area contributed by atoms with E-state index in [1.807, 2.05) is 18.2 Å². The Bertz CT molecular complexity index is 796. The van der Waals surface area contributed by atoms with Crippen LogP contribution in [0, 0.1) is 5.82 Å². The van der Waals surface area contributed by atoms with Gasteiger partial charge in [0.1, 0.15) is 11.4 Å². The standard InChI is InChI=1S/C16H11BrFNO2/c17-12-4-3-11-7-15(21-14(11)8-12)16(20)19-9-10-1-5-13(18)6-2-10/h1-8H,9H2,(H,19,20). The second-order valence-electron chi connectivity index (χ2n) is 4.60. The van der Waals surface area contributed by atoms with Crippen LogP contribution in [0.2, 0.25) is 0 Å². The van der Waals surface area contributed by atoms with Gasteiger partial charge in [0.15, 0.2) is 5.76 Å². The lowest BCUT2D eigenvalue weighted by atomic mass is 10.2. The van der Waals surface area contributed by atoms with Crippen LogP contribution in [0.5, 0.6) is 0 Å². The van der Waals surface area contributed by atoms with Crippen molar-refractivity contribution in [2.75, 3.05) is 0 Å². The van der Waals surface area contributed by atoms with Gasteiger partial charge in [0.25, 0.3) is 5.91 Å². The lowest BCUT2D eigenvalue weighted by Gasteiger charge is -2.03. The summed E-state index contributed by atoms with van der Waals surface area (Å²) in [4.78, 5) is 12.0. The fourth-order valence-electron chi connectivity index (χ4n) is 1.99. The summed E-state index contributed by atoms with van der Waals surface area (Å²) in [7, 11) is 0. The Morgan fingerprint density at radius 2 is 1.90 bits per heavy atom. The molecule has 106 valence electrons. The highest BCUT2D eigenvalue weighted by atomic mass is 79.9. The van der Waals surface area contributed by atoms with E-state index in [1.165, 1.54) is 12.1 Å². The van der Waals surface area contributed by atoms with E-state index in [2.05, 4.69) is 21.2 Å². The molecule has 0 aliphatic carbocycles. The molecule has 0 saturated heterocycles. The topological polar surface area (TPSA) is 42.2 Å². The third-order valence-electron chi connectivity index (χ3n) is 3.07. The summed E-state index contributed by atoms with van der Waals surface area (Å²) >= 11 is 3.35. The van der Waals surface area contributed by atoms with E-state index < -0.39 is 0 Å². The maximum absolute atomic E-state index is 12.8. The first-order valence-electron chi connectivity index (χ1n) is 6.33. The zero-order chi connectivity index (χ0) is 14.8. The zero-order valence-corrected chi connectivity index (χ0v) is 12.5. The summed E-state index contributed by atoms with van der Waals surface area (Å²) in [6.45, 7) is 0.319. The third-order valence-corrected chi connectivity index (χ3v) is 3.57. The maximum atomic E-state index is 12.8. The van der Waals surface area contributed by atoms with Gasteiger partial charge < -0.3 is 9.73 Å². The van der Waals surface area contributed by atoms with Crippen molar-refractivity contribution in [2.24, 2.45) is 0 Å². The van der Waals surface area contributed by atoms with Gasteiger partial charge in [-0.25, -0.2) is 4.39 Å². The fourth-order valence-corrected chi connectivity index (χ4v) is 2.33. The molecular weight excluding hydrogens is 337 g/mol. The van der Waals surface area contributed by atoms with E-state index in [0.29, 0.717) is 12.1 Å². The molecule has 0 spiro atoms. The Hall–Kier alpha value is -2.14. The molecule has 0 fully saturated rings. The summed E-state index contributed by atoms with van der Waals surface area (Å²) in [5.74, 6) is -0.343. The van der Waals surface area contributed by atoms with Crippen molar-refractivity contribution in [3.05, 3.63) is 70.1 Å². The maximum Gasteiger partial charge on any atom is 0.287 e. The third kappa shape index (κ3) is 3.13. The van der Waals surface area contributed by atoms with Crippen molar-refractivity contribution in [1.82, 2.24) is 5.32 Å². The van der Waals surface area contributed by atoms with Gasteiger partial charge in [-0.1, -0.05) is 28.1 Å². The fraction of sp³-hybridized carbons (Fsp3) is 0.0625. The number of carbonyl (C=O) groups is 1. The summed E-state index contributed by atoms with van der Waals surface area (Å²) in [5.41, 5.74) is 1.47. The van der Waals surface area contributed by atoms with Gasteiger partial charge >= 0.3 is 0 Å². The molecule has 0 unspecified atom stereocenters. The minimum absolute atomic E-state index is 0.255. The van der Waals surface area contributed by atoms with Gasteiger partial charge in [-0.15, -0.1) is 0 Å². The predicted octanol–water partition coefficient (Wildman–Crippen LogP) is 4.26.